The van der Waals surface area contributed by atoms with Crippen LogP contribution in [-0.2, 0) is 4.79 Å². The molecule has 142 valence electrons. The van der Waals surface area contributed by atoms with Gasteiger partial charge in [0.05, 0.1) is 6.54 Å². The Kier molecular flexibility index (Phi) is 5.71. The molecule has 0 saturated carbocycles. The largest absolute Gasteiger partial charge is 0.336 e. The van der Waals surface area contributed by atoms with Gasteiger partial charge in [-0.25, -0.2) is 0 Å². The molecule has 0 radical (unpaired) electrons. The van der Waals surface area contributed by atoms with Crippen molar-refractivity contribution in [3.05, 3.63) is 63.6 Å². The Morgan fingerprint density at radius 1 is 1.04 bits per heavy atom. The average molecular weight is 368 g/mol. The molecule has 2 amide bonds. The molecule has 1 aliphatic rings. The van der Waals surface area contributed by atoms with Crippen LogP contribution in [0.25, 0.3) is 0 Å². The second kappa shape index (κ2) is 8.18. The first-order valence-corrected chi connectivity index (χ1v) is 9.01. The van der Waals surface area contributed by atoms with Crippen LogP contribution in [0.1, 0.15) is 21.5 Å². The number of hydrogen-bond acceptors (Lipinski definition) is 4. The summed E-state index contributed by atoms with van der Waals surface area (Å²) in [6.07, 6.45) is 1.51. The first-order valence-electron chi connectivity index (χ1n) is 9.01. The zero-order valence-corrected chi connectivity index (χ0v) is 15.6. The van der Waals surface area contributed by atoms with Crippen LogP contribution in [0, 0.1) is 13.8 Å². The van der Waals surface area contributed by atoms with Gasteiger partial charge in [0.1, 0.15) is 5.56 Å². The van der Waals surface area contributed by atoms with Crippen LogP contribution in [-0.4, -0.2) is 59.3 Å². The maximum atomic E-state index is 12.5. The molecule has 1 aromatic carbocycles. The number of nitrogens with one attached hydrogen (secondary N) is 2. The maximum Gasteiger partial charge on any atom is 0.260 e. The van der Waals surface area contributed by atoms with E-state index in [-0.39, 0.29) is 29.5 Å². The Hall–Kier alpha value is -2.93. The van der Waals surface area contributed by atoms with Gasteiger partial charge >= 0.3 is 0 Å². The highest BCUT2D eigenvalue weighted by atomic mass is 16.2. The summed E-state index contributed by atoms with van der Waals surface area (Å²) in [5, 5.41) is 2.99. The number of pyridine rings is 1. The molecule has 0 aliphatic carbocycles. The molecule has 2 N–H and O–H groups in total. The van der Waals surface area contributed by atoms with Crippen LogP contribution in [0.5, 0.6) is 0 Å². The molecule has 1 saturated heterocycles. The van der Waals surface area contributed by atoms with Crippen molar-refractivity contribution < 1.29 is 9.59 Å². The third kappa shape index (κ3) is 4.43. The number of piperazine rings is 1. The topological polar surface area (TPSA) is 85.5 Å². The van der Waals surface area contributed by atoms with Gasteiger partial charge < -0.3 is 15.2 Å². The van der Waals surface area contributed by atoms with Crippen molar-refractivity contribution in [2.45, 2.75) is 13.8 Å². The third-order valence-electron chi connectivity index (χ3n) is 4.82. The van der Waals surface area contributed by atoms with Crippen molar-refractivity contribution >= 4 is 17.5 Å². The Bertz CT molecular complexity index is 878. The number of aromatic nitrogens is 1. The molecule has 27 heavy (non-hydrogen) atoms. The predicted molar refractivity (Wildman–Crippen MR) is 104 cm³/mol. The fraction of sp³-hybridized carbons (Fsp3) is 0.350. The first kappa shape index (κ1) is 18.8. The number of hydrogen-bond donors (Lipinski definition) is 2. The number of carbonyl (C=O) groups excluding carboxylic acids is 2. The molecule has 3 rings (SSSR count). The van der Waals surface area contributed by atoms with E-state index < -0.39 is 0 Å². The molecule has 2 heterocycles. The summed E-state index contributed by atoms with van der Waals surface area (Å²) in [4.78, 5) is 42.8. The Morgan fingerprint density at radius 3 is 2.33 bits per heavy atom. The summed E-state index contributed by atoms with van der Waals surface area (Å²) in [5.41, 5.74) is 2.70. The second-order valence-corrected chi connectivity index (χ2v) is 6.80. The minimum Gasteiger partial charge on any atom is -0.336 e. The molecular formula is C20H24N4O3. The lowest BCUT2D eigenvalue weighted by atomic mass is 10.1. The number of benzene rings is 1. The second-order valence-electron chi connectivity index (χ2n) is 6.80. The summed E-state index contributed by atoms with van der Waals surface area (Å²) in [6, 6.07) is 9.08. The van der Waals surface area contributed by atoms with Crippen LogP contribution in [0.4, 0.5) is 5.69 Å². The van der Waals surface area contributed by atoms with Gasteiger partial charge in [0.25, 0.3) is 11.5 Å². The molecule has 0 atom stereocenters. The molecule has 0 spiro atoms. The molecule has 1 aromatic heterocycles. The lowest BCUT2D eigenvalue weighted by molar-refractivity contribution is -0.117. The number of amides is 2. The van der Waals surface area contributed by atoms with Crippen molar-refractivity contribution in [2.24, 2.45) is 0 Å². The first-order chi connectivity index (χ1) is 13.0. The molecular weight excluding hydrogens is 344 g/mol. The van der Waals surface area contributed by atoms with Crippen molar-refractivity contribution in [3.8, 4) is 0 Å². The highest BCUT2D eigenvalue weighted by molar-refractivity contribution is 5.94. The van der Waals surface area contributed by atoms with E-state index in [0.717, 1.165) is 16.8 Å². The van der Waals surface area contributed by atoms with Crippen LogP contribution in [0.2, 0.25) is 0 Å². The standard InChI is InChI=1S/C20H24N4O3/c1-14-5-3-6-15(2)18(14)22-17(25)13-23-9-11-24(12-10-23)20(27)16-7-4-8-21-19(16)26/h3-8H,9-13H2,1-2H3,(H,21,26)(H,22,25). The van der Waals surface area contributed by atoms with E-state index in [1.807, 2.05) is 36.9 Å². The number of H-pyrrole nitrogens is 1. The quantitative estimate of drug-likeness (QED) is 0.854. The number of aromatic amines is 1. The highest BCUT2D eigenvalue weighted by Gasteiger charge is 2.24. The lowest BCUT2D eigenvalue weighted by Gasteiger charge is -2.34. The Morgan fingerprint density at radius 2 is 1.70 bits per heavy atom. The van der Waals surface area contributed by atoms with Crippen molar-refractivity contribution in [2.75, 3.05) is 38.0 Å². The van der Waals surface area contributed by atoms with Gasteiger partial charge in [-0.2, -0.15) is 0 Å². The smallest absolute Gasteiger partial charge is 0.260 e. The maximum absolute atomic E-state index is 12.5. The number of rotatable bonds is 4. The van der Waals surface area contributed by atoms with Gasteiger partial charge in [0.15, 0.2) is 0 Å². The number of carbonyl (C=O) groups is 2. The molecule has 0 bridgehead atoms. The summed E-state index contributed by atoms with van der Waals surface area (Å²) >= 11 is 0. The van der Waals surface area contributed by atoms with Gasteiger partial charge in [0.2, 0.25) is 5.91 Å². The minimum atomic E-state index is -0.377. The zero-order chi connectivity index (χ0) is 19.4. The van der Waals surface area contributed by atoms with Crippen molar-refractivity contribution in [3.63, 3.8) is 0 Å². The summed E-state index contributed by atoms with van der Waals surface area (Å²) in [6.45, 7) is 6.39. The van der Waals surface area contributed by atoms with E-state index in [0.29, 0.717) is 26.2 Å². The van der Waals surface area contributed by atoms with E-state index in [2.05, 4.69) is 10.3 Å². The number of nitrogens with zero attached hydrogens (tertiary/aromatic N) is 2. The normalized spacial score (nSPS) is 14.8. The Labute approximate surface area is 158 Å². The lowest BCUT2D eigenvalue weighted by Crippen LogP contribution is -2.51. The van der Waals surface area contributed by atoms with Crippen molar-refractivity contribution in [1.82, 2.24) is 14.8 Å². The fourth-order valence-corrected chi connectivity index (χ4v) is 3.26. The number of para-hydroxylation sites is 1. The SMILES string of the molecule is Cc1cccc(C)c1NC(=O)CN1CCN(C(=O)c2ccc[nH]c2=O)CC1. The van der Waals surface area contributed by atoms with Gasteiger partial charge in [-0.15, -0.1) is 0 Å². The number of aryl methyl sites for hydroxylation is 2. The van der Waals surface area contributed by atoms with Crippen molar-refractivity contribution in [1.29, 1.82) is 0 Å². The zero-order valence-electron chi connectivity index (χ0n) is 15.6. The Balaban J connectivity index is 1.54. The van der Waals surface area contributed by atoms with E-state index in [4.69, 9.17) is 0 Å². The van der Waals surface area contributed by atoms with Gasteiger partial charge in [-0.3, -0.25) is 19.3 Å². The van der Waals surface area contributed by atoms with E-state index in [9.17, 15) is 14.4 Å². The van der Waals surface area contributed by atoms with Crippen LogP contribution in [0.3, 0.4) is 0 Å². The van der Waals surface area contributed by atoms with Crippen LogP contribution < -0.4 is 10.9 Å². The van der Waals surface area contributed by atoms with Crippen LogP contribution >= 0.6 is 0 Å². The van der Waals surface area contributed by atoms with E-state index in [1.165, 1.54) is 12.3 Å². The minimum absolute atomic E-state index is 0.0633. The summed E-state index contributed by atoms with van der Waals surface area (Å²) in [5.74, 6) is -0.330. The number of anilines is 1. The third-order valence-corrected chi connectivity index (χ3v) is 4.82. The van der Waals surface area contributed by atoms with E-state index >= 15 is 0 Å². The van der Waals surface area contributed by atoms with Gasteiger partial charge in [0, 0.05) is 38.1 Å². The molecule has 7 nitrogen and oxygen atoms in total. The van der Waals surface area contributed by atoms with Crippen LogP contribution in [0.15, 0.2) is 41.3 Å². The molecule has 7 heteroatoms. The van der Waals surface area contributed by atoms with E-state index in [1.54, 1.807) is 11.0 Å². The molecule has 2 aromatic rings. The summed E-state index contributed by atoms with van der Waals surface area (Å²) in [7, 11) is 0. The average Bonchev–Trinajstić information content (AvgIpc) is 2.65. The summed E-state index contributed by atoms with van der Waals surface area (Å²) < 4.78 is 0. The van der Waals surface area contributed by atoms with Gasteiger partial charge in [-0.1, -0.05) is 18.2 Å². The monoisotopic (exact) mass is 368 g/mol. The predicted octanol–water partition coefficient (Wildman–Crippen LogP) is 1.39. The van der Waals surface area contributed by atoms with Gasteiger partial charge in [-0.05, 0) is 37.1 Å². The molecule has 1 aliphatic heterocycles. The molecule has 0 unspecified atom stereocenters. The fourth-order valence-electron chi connectivity index (χ4n) is 3.26. The molecule has 1 fully saturated rings. The highest BCUT2D eigenvalue weighted by Crippen LogP contribution is 2.19.